The van der Waals surface area contributed by atoms with Crippen LogP contribution in [-0.4, -0.2) is 32.4 Å². The Labute approximate surface area is 147 Å². The van der Waals surface area contributed by atoms with Crippen LogP contribution in [0.1, 0.15) is 22.1 Å². The Balaban J connectivity index is 1.51. The molecule has 7 nitrogen and oxygen atoms in total. The SMILES string of the molecule is O=C(NCCc1ccc(Cl)cc1)c1nc(Cn2cc(Cl)cn2)no1. The normalized spacial score (nSPS) is 10.8. The molecule has 0 saturated heterocycles. The van der Waals surface area contributed by atoms with Crippen LogP contribution in [0.5, 0.6) is 0 Å². The Morgan fingerprint density at radius 2 is 2.00 bits per heavy atom. The number of halogens is 2. The maximum Gasteiger partial charge on any atom is 0.316 e. The van der Waals surface area contributed by atoms with E-state index in [2.05, 4.69) is 20.6 Å². The van der Waals surface area contributed by atoms with Gasteiger partial charge in [-0.15, -0.1) is 0 Å². The molecule has 3 rings (SSSR count). The molecule has 0 aliphatic heterocycles. The molecule has 0 radical (unpaired) electrons. The van der Waals surface area contributed by atoms with Gasteiger partial charge < -0.3 is 9.84 Å². The van der Waals surface area contributed by atoms with Gasteiger partial charge in [0, 0.05) is 17.8 Å². The highest BCUT2D eigenvalue weighted by molar-refractivity contribution is 6.30. The molecule has 124 valence electrons. The summed E-state index contributed by atoms with van der Waals surface area (Å²) in [5, 5.41) is 11.7. The molecule has 0 aliphatic rings. The lowest BCUT2D eigenvalue weighted by atomic mass is 10.1. The van der Waals surface area contributed by atoms with Crippen LogP contribution in [0.25, 0.3) is 0 Å². The summed E-state index contributed by atoms with van der Waals surface area (Å²) in [4.78, 5) is 16.0. The van der Waals surface area contributed by atoms with E-state index >= 15 is 0 Å². The number of aromatic nitrogens is 4. The van der Waals surface area contributed by atoms with Crippen molar-refractivity contribution in [2.24, 2.45) is 0 Å². The molecule has 0 aliphatic carbocycles. The lowest BCUT2D eigenvalue weighted by molar-refractivity contribution is 0.0910. The molecule has 0 fully saturated rings. The van der Waals surface area contributed by atoms with Crippen LogP contribution < -0.4 is 5.32 Å². The van der Waals surface area contributed by atoms with E-state index in [1.807, 2.05) is 24.3 Å². The average molecular weight is 366 g/mol. The maximum absolute atomic E-state index is 12.0. The number of nitrogens with zero attached hydrogens (tertiary/aromatic N) is 4. The summed E-state index contributed by atoms with van der Waals surface area (Å²) in [5.74, 6) is -0.154. The van der Waals surface area contributed by atoms with Crippen LogP contribution in [0.4, 0.5) is 0 Å². The van der Waals surface area contributed by atoms with Crippen molar-refractivity contribution in [1.82, 2.24) is 25.2 Å². The molecule has 2 heterocycles. The topological polar surface area (TPSA) is 85.8 Å². The summed E-state index contributed by atoms with van der Waals surface area (Å²) < 4.78 is 6.51. The third-order valence-corrected chi connectivity index (χ3v) is 3.63. The minimum atomic E-state index is -0.416. The van der Waals surface area contributed by atoms with Crippen molar-refractivity contribution >= 4 is 29.1 Å². The monoisotopic (exact) mass is 365 g/mol. The van der Waals surface area contributed by atoms with Gasteiger partial charge >= 0.3 is 11.8 Å². The molecule has 1 N–H and O–H groups in total. The van der Waals surface area contributed by atoms with Crippen molar-refractivity contribution in [3.05, 3.63) is 64.0 Å². The predicted molar refractivity (Wildman–Crippen MR) is 88.1 cm³/mol. The smallest absolute Gasteiger partial charge is 0.316 e. The van der Waals surface area contributed by atoms with Crippen molar-refractivity contribution in [2.75, 3.05) is 6.54 Å². The third-order valence-electron chi connectivity index (χ3n) is 3.18. The Hall–Kier alpha value is -2.38. The number of hydrogen-bond acceptors (Lipinski definition) is 5. The summed E-state index contributed by atoms with van der Waals surface area (Å²) in [5.41, 5.74) is 1.07. The van der Waals surface area contributed by atoms with E-state index in [4.69, 9.17) is 27.7 Å². The number of carbonyl (C=O) groups excluding carboxylic acids is 1. The van der Waals surface area contributed by atoms with Crippen molar-refractivity contribution in [2.45, 2.75) is 13.0 Å². The van der Waals surface area contributed by atoms with Gasteiger partial charge in [-0.25, -0.2) is 0 Å². The summed E-state index contributed by atoms with van der Waals surface area (Å²) in [6, 6.07) is 7.44. The predicted octanol–water partition coefficient (Wildman–Crippen LogP) is 2.59. The first kappa shape index (κ1) is 16.5. The zero-order valence-corrected chi connectivity index (χ0v) is 14.0. The van der Waals surface area contributed by atoms with E-state index in [1.165, 1.54) is 6.20 Å². The summed E-state index contributed by atoms with van der Waals surface area (Å²) in [7, 11) is 0. The van der Waals surface area contributed by atoms with Crippen LogP contribution in [0, 0.1) is 0 Å². The van der Waals surface area contributed by atoms with E-state index in [-0.39, 0.29) is 12.4 Å². The highest BCUT2D eigenvalue weighted by atomic mass is 35.5. The first-order chi connectivity index (χ1) is 11.6. The molecule has 3 aromatic rings. The van der Waals surface area contributed by atoms with E-state index in [0.29, 0.717) is 28.8 Å². The Morgan fingerprint density at radius 3 is 2.71 bits per heavy atom. The number of nitrogens with one attached hydrogen (secondary N) is 1. The second-order valence-electron chi connectivity index (χ2n) is 5.00. The molecule has 0 saturated carbocycles. The highest BCUT2D eigenvalue weighted by Gasteiger charge is 2.15. The fraction of sp³-hybridized carbons (Fsp3) is 0.200. The summed E-state index contributed by atoms with van der Waals surface area (Å²) in [6.45, 7) is 0.723. The molecular weight excluding hydrogens is 353 g/mol. The molecule has 0 atom stereocenters. The fourth-order valence-electron chi connectivity index (χ4n) is 2.03. The Bertz CT molecular complexity index is 829. The zero-order chi connectivity index (χ0) is 16.9. The van der Waals surface area contributed by atoms with Crippen molar-refractivity contribution < 1.29 is 9.32 Å². The lowest BCUT2D eigenvalue weighted by Gasteiger charge is -2.02. The molecule has 2 aromatic heterocycles. The average Bonchev–Trinajstić information content (AvgIpc) is 3.19. The second-order valence-corrected chi connectivity index (χ2v) is 5.88. The van der Waals surface area contributed by atoms with Gasteiger partial charge in [-0.2, -0.15) is 10.1 Å². The van der Waals surface area contributed by atoms with Crippen LogP contribution in [0.3, 0.4) is 0 Å². The third kappa shape index (κ3) is 4.33. The molecule has 0 bridgehead atoms. The molecule has 0 spiro atoms. The second kappa shape index (κ2) is 7.46. The Morgan fingerprint density at radius 1 is 1.21 bits per heavy atom. The number of benzene rings is 1. The molecule has 9 heteroatoms. The van der Waals surface area contributed by atoms with E-state index in [1.54, 1.807) is 10.9 Å². The van der Waals surface area contributed by atoms with Crippen LogP contribution in [0.2, 0.25) is 10.0 Å². The van der Waals surface area contributed by atoms with Crippen molar-refractivity contribution in [3.8, 4) is 0 Å². The minimum absolute atomic E-state index is 0.0839. The van der Waals surface area contributed by atoms with Crippen molar-refractivity contribution in [1.29, 1.82) is 0 Å². The Kier molecular flexibility index (Phi) is 5.12. The summed E-state index contributed by atoms with van der Waals surface area (Å²) >= 11 is 11.6. The first-order valence-electron chi connectivity index (χ1n) is 7.13. The van der Waals surface area contributed by atoms with Crippen LogP contribution in [0.15, 0.2) is 41.2 Å². The molecule has 1 aromatic carbocycles. The minimum Gasteiger partial charge on any atom is -0.347 e. The number of carbonyl (C=O) groups is 1. The molecule has 1 amide bonds. The molecule has 0 unspecified atom stereocenters. The van der Waals surface area contributed by atoms with Gasteiger partial charge in [-0.05, 0) is 24.1 Å². The van der Waals surface area contributed by atoms with Crippen LogP contribution >= 0.6 is 23.2 Å². The van der Waals surface area contributed by atoms with Gasteiger partial charge in [0.1, 0.15) is 6.54 Å². The van der Waals surface area contributed by atoms with Crippen molar-refractivity contribution in [3.63, 3.8) is 0 Å². The highest BCUT2D eigenvalue weighted by Crippen LogP contribution is 2.10. The standard InChI is InChI=1S/C15H13Cl2N5O2/c16-11-3-1-10(2-4-11)5-6-18-14(23)15-20-13(21-24-15)9-22-8-12(17)7-19-22/h1-4,7-8H,5-6,9H2,(H,18,23). The number of amides is 1. The van der Waals surface area contributed by atoms with Gasteiger partial charge in [0.25, 0.3) is 0 Å². The van der Waals surface area contributed by atoms with E-state index < -0.39 is 5.91 Å². The largest absolute Gasteiger partial charge is 0.347 e. The van der Waals surface area contributed by atoms with Gasteiger partial charge in [-0.1, -0.05) is 40.5 Å². The van der Waals surface area contributed by atoms with Crippen LogP contribution in [-0.2, 0) is 13.0 Å². The van der Waals surface area contributed by atoms with Gasteiger partial charge in [0.05, 0.1) is 11.2 Å². The molecular formula is C15H13Cl2N5O2. The fourth-order valence-corrected chi connectivity index (χ4v) is 2.31. The first-order valence-corrected chi connectivity index (χ1v) is 7.89. The van der Waals surface area contributed by atoms with Gasteiger partial charge in [0.15, 0.2) is 5.82 Å². The quantitative estimate of drug-likeness (QED) is 0.725. The number of rotatable bonds is 6. The summed E-state index contributed by atoms with van der Waals surface area (Å²) in [6.07, 6.45) is 3.81. The zero-order valence-electron chi connectivity index (χ0n) is 12.4. The number of hydrogen-bond donors (Lipinski definition) is 1. The van der Waals surface area contributed by atoms with Gasteiger partial charge in [-0.3, -0.25) is 9.48 Å². The van der Waals surface area contributed by atoms with E-state index in [0.717, 1.165) is 5.56 Å². The molecule has 24 heavy (non-hydrogen) atoms. The van der Waals surface area contributed by atoms with E-state index in [9.17, 15) is 4.79 Å². The maximum atomic E-state index is 12.0. The van der Waals surface area contributed by atoms with Gasteiger partial charge in [0.2, 0.25) is 0 Å². The lowest BCUT2D eigenvalue weighted by Crippen LogP contribution is -2.26.